The number of rotatable bonds is 5. The summed E-state index contributed by atoms with van der Waals surface area (Å²) in [6.07, 6.45) is 2.64. The molecule has 7 nitrogen and oxygen atoms in total. The van der Waals surface area contributed by atoms with Gasteiger partial charge in [-0.2, -0.15) is 4.31 Å². The standard InChI is InChI=1S/C13H16N2O5S/c16-9-12-6-3-4-8-14(12)21(19,20)10-11-5-1-2-7-13(11)15(17)18/h1-2,5,7,9,12H,3-4,6,8,10H2. The van der Waals surface area contributed by atoms with Gasteiger partial charge in [0.2, 0.25) is 10.0 Å². The number of piperidine rings is 1. The molecule has 0 aliphatic carbocycles. The molecule has 1 aromatic carbocycles. The second-order valence-electron chi connectivity index (χ2n) is 4.95. The lowest BCUT2D eigenvalue weighted by atomic mass is 10.1. The van der Waals surface area contributed by atoms with Gasteiger partial charge in [-0.25, -0.2) is 8.42 Å². The van der Waals surface area contributed by atoms with Crippen LogP contribution in [-0.2, 0) is 20.6 Å². The maximum atomic E-state index is 12.4. The van der Waals surface area contributed by atoms with Crippen molar-refractivity contribution in [3.05, 3.63) is 39.9 Å². The number of sulfonamides is 1. The smallest absolute Gasteiger partial charge is 0.273 e. The van der Waals surface area contributed by atoms with Crippen molar-refractivity contribution in [2.75, 3.05) is 6.54 Å². The van der Waals surface area contributed by atoms with Crippen molar-refractivity contribution in [3.63, 3.8) is 0 Å². The zero-order chi connectivity index (χ0) is 15.5. The van der Waals surface area contributed by atoms with Gasteiger partial charge in [0.05, 0.1) is 16.7 Å². The lowest BCUT2D eigenvalue weighted by Gasteiger charge is -2.31. The van der Waals surface area contributed by atoms with Gasteiger partial charge >= 0.3 is 0 Å². The number of nitro groups is 1. The number of carbonyl (C=O) groups excluding carboxylic acids is 1. The second-order valence-corrected chi connectivity index (χ2v) is 6.87. The second kappa shape index (κ2) is 6.31. The largest absolute Gasteiger partial charge is 0.302 e. The van der Waals surface area contributed by atoms with Gasteiger partial charge < -0.3 is 4.79 Å². The average Bonchev–Trinajstić information content (AvgIpc) is 2.47. The van der Waals surface area contributed by atoms with E-state index in [4.69, 9.17) is 0 Å². The third kappa shape index (κ3) is 3.45. The zero-order valence-electron chi connectivity index (χ0n) is 11.3. The minimum absolute atomic E-state index is 0.137. The highest BCUT2D eigenvalue weighted by Crippen LogP contribution is 2.25. The molecular weight excluding hydrogens is 296 g/mol. The van der Waals surface area contributed by atoms with Crippen LogP contribution in [0.2, 0.25) is 0 Å². The SMILES string of the molecule is O=CC1CCCCN1S(=O)(=O)Cc1ccccc1[N+](=O)[O-]. The maximum Gasteiger partial charge on any atom is 0.273 e. The average molecular weight is 312 g/mol. The highest BCUT2D eigenvalue weighted by molar-refractivity contribution is 7.88. The summed E-state index contributed by atoms with van der Waals surface area (Å²) in [4.78, 5) is 21.4. The van der Waals surface area contributed by atoms with E-state index in [0.717, 1.165) is 6.42 Å². The number of benzene rings is 1. The summed E-state index contributed by atoms with van der Waals surface area (Å²) in [7, 11) is -3.76. The highest BCUT2D eigenvalue weighted by atomic mass is 32.2. The van der Waals surface area contributed by atoms with Gasteiger partial charge in [-0.05, 0) is 12.8 Å². The molecule has 0 N–H and O–H groups in total. The van der Waals surface area contributed by atoms with E-state index >= 15 is 0 Å². The molecule has 0 aromatic heterocycles. The van der Waals surface area contributed by atoms with Crippen molar-refractivity contribution in [1.82, 2.24) is 4.31 Å². The maximum absolute atomic E-state index is 12.4. The first-order valence-corrected chi connectivity index (χ1v) is 8.24. The topological polar surface area (TPSA) is 97.6 Å². The molecule has 1 aliphatic rings. The number of hydrogen-bond acceptors (Lipinski definition) is 5. The normalized spacial score (nSPS) is 20.1. The summed E-state index contributed by atoms with van der Waals surface area (Å²) >= 11 is 0. The van der Waals surface area contributed by atoms with Gasteiger partial charge in [-0.15, -0.1) is 0 Å². The third-order valence-electron chi connectivity index (χ3n) is 3.54. The quantitative estimate of drug-likeness (QED) is 0.466. The molecule has 1 unspecified atom stereocenters. The Hall–Kier alpha value is -1.80. The van der Waals surface area contributed by atoms with Gasteiger partial charge in [0.15, 0.2) is 0 Å². The first kappa shape index (κ1) is 15.6. The molecule has 1 atom stereocenters. The Morgan fingerprint density at radius 3 is 2.71 bits per heavy atom. The number of hydrogen-bond donors (Lipinski definition) is 0. The first-order valence-electron chi connectivity index (χ1n) is 6.63. The van der Waals surface area contributed by atoms with Gasteiger partial charge in [0.25, 0.3) is 5.69 Å². The molecule has 2 rings (SSSR count). The summed E-state index contributed by atoms with van der Waals surface area (Å²) in [5.41, 5.74) is -0.0848. The van der Waals surface area contributed by atoms with Crippen molar-refractivity contribution < 1.29 is 18.1 Å². The molecule has 1 aliphatic heterocycles. The molecule has 114 valence electrons. The minimum Gasteiger partial charge on any atom is -0.302 e. The van der Waals surface area contributed by atoms with Crippen molar-refractivity contribution in [2.45, 2.75) is 31.1 Å². The van der Waals surface area contributed by atoms with Crippen molar-refractivity contribution in [3.8, 4) is 0 Å². The molecule has 1 heterocycles. The van der Waals surface area contributed by atoms with E-state index in [1.165, 1.54) is 22.5 Å². The minimum atomic E-state index is -3.76. The van der Waals surface area contributed by atoms with Crippen molar-refractivity contribution in [2.24, 2.45) is 0 Å². The fourth-order valence-corrected chi connectivity index (χ4v) is 4.28. The van der Waals surface area contributed by atoms with Crippen LogP contribution >= 0.6 is 0 Å². The molecule has 0 spiro atoms. The van der Waals surface area contributed by atoms with Crippen LogP contribution in [0.3, 0.4) is 0 Å². The van der Waals surface area contributed by atoms with Crippen LogP contribution in [0.4, 0.5) is 5.69 Å². The van der Waals surface area contributed by atoms with Crippen molar-refractivity contribution >= 4 is 22.0 Å². The Morgan fingerprint density at radius 2 is 2.05 bits per heavy atom. The fraction of sp³-hybridized carbons (Fsp3) is 0.462. The first-order chi connectivity index (χ1) is 9.95. The summed E-state index contributed by atoms with van der Waals surface area (Å²) < 4.78 is 26.1. The Balaban J connectivity index is 2.29. The predicted molar refractivity (Wildman–Crippen MR) is 76.1 cm³/mol. The van der Waals surface area contributed by atoms with Crippen LogP contribution in [0.15, 0.2) is 24.3 Å². The van der Waals surface area contributed by atoms with Crippen LogP contribution < -0.4 is 0 Å². The molecule has 1 saturated heterocycles. The molecule has 0 bridgehead atoms. The summed E-state index contributed by atoms with van der Waals surface area (Å²) in [5, 5.41) is 10.9. The molecule has 1 aromatic rings. The molecule has 0 radical (unpaired) electrons. The number of para-hydroxylation sites is 1. The molecule has 21 heavy (non-hydrogen) atoms. The third-order valence-corrected chi connectivity index (χ3v) is 5.38. The van der Waals surface area contributed by atoms with Crippen LogP contribution in [-0.4, -0.2) is 36.5 Å². The Labute approximate surface area is 122 Å². The Kier molecular flexibility index (Phi) is 4.69. The number of carbonyl (C=O) groups is 1. The van der Waals surface area contributed by atoms with E-state index in [1.54, 1.807) is 6.07 Å². The number of nitrogens with zero attached hydrogens (tertiary/aromatic N) is 2. The van der Waals surface area contributed by atoms with Crippen LogP contribution in [0.5, 0.6) is 0 Å². The lowest BCUT2D eigenvalue weighted by Crippen LogP contribution is -2.45. The van der Waals surface area contributed by atoms with Crippen LogP contribution in [0.1, 0.15) is 24.8 Å². The molecule has 0 amide bonds. The zero-order valence-corrected chi connectivity index (χ0v) is 12.2. The van der Waals surface area contributed by atoms with E-state index in [0.29, 0.717) is 19.1 Å². The lowest BCUT2D eigenvalue weighted by molar-refractivity contribution is -0.385. The molecular formula is C13H16N2O5S. The fourth-order valence-electron chi connectivity index (χ4n) is 2.50. The molecule has 0 saturated carbocycles. The van der Waals surface area contributed by atoms with Gasteiger partial charge in [-0.1, -0.05) is 24.6 Å². The van der Waals surface area contributed by atoms with Gasteiger partial charge in [0.1, 0.15) is 6.29 Å². The van der Waals surface area contributed by atoms with E-state index in [9.17, 15) is 23.3 Å². The van der Waals surface area contributed by atoms with Gasteiger partial charge in [-0.3, -0.25) is 10.1 Å². The van der Waals surface area contributed by atoms with E-state index in [-0.39, 0.29) is 17.8 Å². The van der Waals surface area contributed by atoms with Gasteiger partial charge in [0, 0.05) is 18.2 Å². The summed E-state index contributed by atoms with van der Waals surface area (Å²) in [6.45, 7) is 0.284. The highest BCUT2D eigenvalue weighted by Gasteiger charge is 2.33. The van der Waals surface area contributed by atoms with E-state index in [2.05, 4.69) is 0 Å². The van der Waals surface area contributed by atoms with Crippen molar-refractivity contribution in [1.29, 1.82) is 0 Å². The number of aldehydes is 1. The Bertz CT molecular complexity index is 644. The summed E-state index contributed by atoms with van der Waals surface area (Å²) in [6, 6.07) is 5.09. The molecule has 8 heteroatoms. The monoisotopic (exact) mass is 312 g/mol. The molecule has 1 fully saturated rings. The predicted octanol–water partition coefficient (Wildman–Crippen LogP) is 1.48. The van der Waals surface area contributed by atoms with E-state index < -0.39 is 26.7 Å². The summed E-state index contributed by atoms with van der Waals surface area (Å²) in [5.74, 6) is -0.464. The Morgan fingerprint density at radius 1 is 1.33 bits per heavy atom. The number of nitro benzene ring substituents is 1. The van der Waals surface area contributed by atoms with Crippen LogP contribution in [0.25, 0.3) is 0 Å². The van der Waals surface area contributed by atoms with Crippen LogP contribution in [0, 0.1) is 10.1 Å². The van der Waals surface area contributed by atoms with E-state index in [1.807, 2.05) is 0 Å².